The van der Waals surface area contributed by atoms with Crippen molar-refractivity contribution >= 4 is 18.7 Å². The molecule has 0 unspecified atom stereocenters. The monoisotopic (exact) mass is 304 g/mol. The summed E-state index contributed by atoms with van der Waals surface area (Å²) in [5, 5.41) is 30.9. The van der Waals surface area contributed by atoms with Gasteiger partial charge in [0.1, 0.15) is 11.5 Å². The van der Waals surface area contributed by atoms with E-state index in [9.17, 15) is 25.3 Å². The predicted octanol–water partition coefficient (Wildman–Crippen LogP) is 1.94. The van der Waals surface area contributed by atoms with Gasteiger partial charge in [-0.15, -0.1) is 0 Å². The Hall–Kier alpha value is -3.14. The van der Waals surface area contributed by atoms with Crippen molar-refractivity contribution in [2.75, 3.05) is 0 Å². The minimum absolute atomic E-state index is 0.0205. The van der Waals surface area contributed by atoms with E-state index < -0.39 is 17.2 Å². The maximum absolute atomic E-state index is 10.6. The van der Waals surface area contributed by atoms with Gasteiger partial charge in [-0.2, -0.15) is 0 Å². The van der Waals surface area contributed by atoms with Gasteiger partial charge in [0, 0.05) is 12.1 Å². The van der Waals surface area contributed by atoms with Crippen LogP contribution in [0.25, 0.3) is 0 Å². The number of hydrogen-bond donors (Lipinski definition) is 1. The van der Waals surface area contributed by atoms with Gasteiger partial charge in [0.25, 0.3) is 11.4 Å². The molecule has 22 heavy (non-hydrogen) atoms. The zero-order valence-corrected chi connectivity index (χ0v) is 11.0. The van der Waals surface area contributed by atoms with E-state index >= 15 is 0 Å². The van der Waals surface area contributed by atoms with Crippen LogP contribution in [0, 0.1) is 20.2 Å². The zero-order valence-electron chi connectivity index (χ0n) is 11.0. The second-order valence-electron chi connectivity index (χ2n) is 4.05. The van der Waals surface area contributed by atoms with Gasteiger partial charge >= 0.3 is 7.32 Å². The summed E-state index contributed by atoms with van der Waals surface area (Å²) in [4.78, 5) is 20.0. The fraction of sp³-hybridized carbons (Fsp3) is 0. The lowest BCUT2D eigenvalue weighted by Gasteiger charge is -2.10. The summed E-state index contributed by atoms with van der Waals surface area (Å²) in [6.45, 7) is 0. The zero-order chi connectivity index (χ0) is 16.1. The molecule has 0 aliphatic heterocycles. The number of hydrogen-bond acceptors (Lipinski definition) is 7. The lowest BCUT2D eigenvalue weighted by molar-refractivity contribution is -0.385. The van der Waals surface area contributed by atoms with Crippen LogP contribution in [0.5, 0.6) is 11.5 Å². The van der Waals surface area contributed by atoms with Crippen LogP contribution in [0.1, 0.15) is 0 Å². The van der Waals surface area contributed by atoms with Crippen LogP contribution >= 0.6 is 0 Å². The van der Waals surface area contributed by atoms with Gasteiger partial charge in [0.05, 0.1) is 22.0 Å². The van der Waals surface area contributed by atoms with Crippen LogP contribution < -0.4 is 9.31 Å². The highest BCUT2D eigenvalue weighted by Gasteiger charge is 2.23. The van der Waals surface area contributed by atoms with E-state index in [2.05, 4.69) is 0 Å². The summed E-state index contributed by atoms with van der Waals surface area (Å²) in [5.41, 5.74) is -0.417. The van der Waals surface area contributed by atoms with Gasteiger partial charge in [-0.05, 0) is 12.1 Å². The van der Waals surface area contributed by atoms with Crippen molar-refractivity contribution in [2.45, 2.75) is 0 Å². The molecule has 0 bridgehead atoms. The molecule has 0 aromatic heterocycles. The van der Waals surface area contributed by atoms with Crippen LogP contribution in [0.15, 0.2) is 48.5 Å². The van der Waals surface area contributed by atoms with Gasteiger partial charge < -0.3 is 14.3 Å². The number of benzene rings is 2. The van der Waals surface area contributed by atoms with Crippen LogP contribution in [0.2, 0.25) is 0 Å². The number of nitro groups is 2. The van der Waals surface area contributed by atoms with Crippen molar-refractivity contribution in [1.29, 1.82) is 0 Å². The summed E-state index contributed by atoms with van der Waals surface area (Å²) in [7, 11) is -1.77. The molecule has 0 fully saturated rings. The summed E-state index contributed by atoms with van der Waals surface area (Å²) >= 11 is 0. The molecule has 2 aromatic carbocycles. The van der Waals surface area contributed by atoms with Crippen LogP contribution in [-0.4, -0.2) is 22.2 Å². The molecule has 0 aliphatic rings. The second-order valence-corrected chi connectivity index (χ2v) is 4.05. The van der Waals surface area contributed by atoms with Crippen LogP contribution in [0.3, 0.4) is 0 Å². The summed E-state index contributed by atoms with van der Waals surface area (Å²) in [5.74, 6) is 0.0410. The molecule has 0 heterocycles. The first-order chi connectivity index (χ1) is 10.5. The van der Waals surface area contributed by atoms with E-state index in [1.165, 1.54) is 36.4 Å². The Labute approximate surface area is 124 Å². The highest BCUT2D eigenvalue weighted by molar-refractivity contribution is 6.36. The largest absolute Gasteiger partial charge is 0.785 e. The molecule has 0 amide bonds. The second kappa shape index (κ2) is 6.54. The third-order valence-corrected chi connectivity index (χ3v) is 2.53. The molecule has 0 saturated carbocycles. The number of rotatable bonds is 6. The molecule has 0 aliphatic carbocycles. The third kappa shape index (κ3) is 3.93. The molecule has 0 atom stereocenters. The van der Waals surface area contributed by atoms with Crippen molar-refractivity contribution in [3.8, 4) is 11.5 Å². The molecule has 0 radical (unpaired) electrons. The summed E-state index contributed by atoms with van der Waals surface area (Å²) in [6, 6.07) is 10.3. The van der Waals surface area contributed by atoms with E-state index in [0.29, 0.717) is 0 Å². The molecular formula is C12H9BN2O7. The first kappa shape index (κ1) is 15.3. The molecule has 1 N–H and O–H groups in total. The van der Waals surface area contributed by atoms with Crippen molar-refractivity contribution in [1.82, 2.24) is 0 Å². The predicted molar refractivity (Wildman–Crippen MR) is 75.4 cm³/mol. The molecule has 9 nitrogen and oxygen atoms in total. The Kier molecular flexibility index (Phi) is 4.54. The average Bonchev–Trinajstić information content (AvgIpc) is 2.47. The van der Waals surface area contributed by atoms with Crippen LogP contribution in [0.4, 0.5) is 11.4 Å². The van der Waals surface area contributed by atoms with Crippen molar-refractivity contribution < 1.29 is 24.2 Å². The number of non-ortho nitro benzene ring substituents is 2. The topological polar surface area (TPSA) is 125 Å². The van der Waals surface area contributed by atoms with Gasteiger partial charge in [-0.25, -0.2) is 0 Å². The molecule has 2 aromatic rings. The lowest BCUT2D eigenvalue weighted by atomic mass is 10.2. The minimum Gasteiger partial charge on any atom is -0.501 e. The molecule has 0 saturated heterocycles. The minimum atomic E-state index is -1.77. The average molecular weight is 304 g/mol. The quantitative estimate of drug-likeness (QED) is 0.491. The smallest absolute Gasteiger partial charge is 0.501 e. The highest BCUT2D eigenvalue weighted by Crippen LogP contribution is 2.22. The summed E-state index contributed by atoms with van der Waals surface area (Å²) in [6.07, 6.45) is 0. The maximum Gasteiger partial charge on any atom is 0.785 e. The van der Waals surface area contributed by atoms with Gasteiger partial charge in [0.2, 0.25) is 0 Å². The van der Waals surface area contributed by atoms with Crippen molar-refractivity contribution in [2.24, 2.45) is 0 Å². The maximum atomic E-state index is 10.6. The Morgan fingerprint density at radius 2 is 1.27 bits per heavy atom. The van der Waals surface area contributed by atoms with E-state index in [0.717, 1.165) is 12.1 Å². The molecule has 0 spiro atoms. The Morgan fingerprint density at radius 3 is 1.64 bits per heavy atom. The lowest BCUT2D eigenvalue weighted by Crippen LogP contribution is -2.29. The van der Waals surface area contributed by atoms with Crippen LogP contribution in [-0.2, 0) is 0 Å². The molecule has 10 heteroatoms. The van der Waals surface area contributed by atoms with Crippen molar-refractivity contribution in [3.63, 3.8) is 0 Å². The van der Waals surface area contributed by atoms with E-state index in [1.807, 2.05) is 0 Å². The first-order valence-corrected chi connectivity index (χ1v) is 5.96. The Balaban J connectivity index is 2.05. The summed E-state index contributed by atoms with van der Waals surface area (Å²) < 4.78 is 9.94. The van der Waals surface area contributed by atoms with E-state index in [1.54, 1.807) is 0 Å². The Morgan fingerprint density at radius 1 is 0.864 bits per heavy atom. The first-order valence-electron chi connectivity index (χ1n) is 5.96. The van der Waals surface area contributed by atoms with Crippen molar-refractivity contribution in [3.05, 3.63) is 68.8 Å². The molecule has 2 rings (SSSR count). The van der Waals surface area contributed by atoms with Gasteiger partial charge in [-0.1, -0.05) is 12.1 Å². The molecular weight excluding hydrogens is 295 g/mol. The number of nitrogens with zero attached hydrogens (tertiary/aromatic N) is 2. The van der Waals surface area contributed by atoms with Gasteiger partial charge in [-0.3, -0.25) is 20.2 Å². The van der Waals surface area contributed by atoms with Gasteiger partial charge in [0.15, 0.2) is 0 Å². The van der Waals surface area contributed by atoms with E-state index in [-0.39, 0.29) is 22.9 Å². The fourth-order valence-electron chi connectivity index (χ4n) is 1.60. The fourth-order valence-corrected chi connectivity index (χ4v) is 1.60. The third-order valence-electron chi connectivity index (χ3n) is 2.53. The highest BCUT2D eigenvalue weighted by atomic mass is 16.7. The SMILES string of the molecule is O=[N+]([O-])c1cccc(OB(O)Oc2cccc([N+](=O)[O-])c2)c1. The number of nitro benzene ring substituents is 2. The van der Waals surface area contributed by atoms with E-state index in [4.69, 9.17) is 9.31 Å². The Bertz CT molecular complexity index is 650. The standard InChI is InChI=1S/C12H9BN2O7/c16-13(21-11-5-1-3-9(7-11)14(17)18)22-12-6-2-4-10(8-12)15(19)20/h1-8,16H. The molecule has 112 valence electrons. The normalized spacial score (nSPS) is 9.86.